The van der Waals surface area contributed by atoms with Gasteiger partial charge in [0.1, 0.15) is 6.04 Å². The topological polar surface area (TPSA) is 119 Å². The van der Waals surface area contributed by atoms with Gasteiger partial charge in [-0.2, -0.15) is 0 Å². The average molecular weight is 509 g/mol. The molecule has 1 aliphatic carbocycles. The molecule has 1 fully saturated rings. The highest BCUT2D eigenvalue weighted by Gasteiger charge is 2.42. The molecule has 0 amide bonds. The summed E-state index contributed by atoms with van der Waals surface area (Å²) < 4.78 is 10.6. The van der Waals surface area contributed by atoms with Crippen molar-refractivity contribution in [3.63, 3.8) is 0 Å². The highest BCUT2D eigenvalue weighted by Crippen LogP contribution is 2.44. The second-order valence-corrected chi connectivity index (χ2v) is 9.71. The van der Waals surface area contributed by atoms with Crippen LogP contribution in [0.5, 0.6) is 0 Å². The highest BCUT2D eigenvalue weighted by atomic mass is 16.5. The van der Waals surface area contributed by atoms with E-state index in [1.165, 1.54) is 45.6 Å². The van der Waals surface area contributed by atoms with Gasteiger partial charge in [-0.05, 0) is 44.1 Å². The third-order valence-electron chi connectivity index (χ3n) is 6.99. The predicted molar refractivity (Wildman–Crippen MR) is 141 cm³/mol. The van der Waals surface area contributed by atoms with Crippen molar-refractivity contribution in [2.45, 2.75) is 104 Å². The number of esters is 2. The Morgan fingerprint density at radius 1 is 1.03 bits per heavy atom. The van der Waals surface area contributed by atoms with E-state index >= 15 is 0 Å². The van der Waals surface area contributed by atoms with Gasteiger partial charge in [-0.25, -0.2) is 4.79 Å². The van der Waals surface area contributed by atoms with Gasteiger partial charge in [0.05, 0.1) is 25.2 Å². The van der Waals surface area contributed by atoms with E-state index < -0.39 is 12.0 Å². The van der Waals surface area contributed by atoms with Crippen molar-refractivity contribution >= 4 is 17.9 Å². The molecule has 0 spiro atoms. The Hall–Kier alpha value is -2.35. The Bertz CT molecular complexity index is 763. The molecule has 2 rings (SSSR count). The number of nitrogens with zero attached hydrogens (tertiary/aromatic N) is 1. The Balaban J connectivity index is 0.00000648. The van der Waals surface area contributed by atoms with E-state index in [0.29, 0.717) is 50.8 Å². The first-order valence-corrected chi connectivity index (χ1v) is 13.3. The quantitative estimate of drug-likeness (QED) is 0.204. The second-order valence-electron chi connectivity index (χ2n) is 9.71. The third kappa shape index (κ3) is 9.96. The summed E-state index contributed by atoms with van der Waals surface area (Å²) >= 11 is 0. The summed E-state index contributed by atoms with van der Waals surface area (Å²) in [5.41, 5.74) is 7.05. The minimum absolute atomic E-state index is 0. The SMILES string of the molecule is C.CCCCCCCCCCOC(=O)C1CCC2C(C(=O)OC)=CN(CCCC[C@H](N)C(=O)O)C=C12. The standard InChI is InChI=1S/C27H44N2O6.CH4/c1-3-4-5-6-7-8-9-12-17-35-27(33)21-15-14-20-22(21)18-29(19-23(20)26(32)34-2)16-11-10-13-24(28)25(30)31;/h18-21,24H,3-17,28H2,1-2H3,(H,30,31);1H4/t20?,21?,24-;/m0./s1. The highest BCUT2D eigenvalue weighted by molar-refractivity contribution is 5.91. The first-order valence-electron chi connectivity index (χ1n) is 13.3. The van der Waals surface area contributed by atoms with Gasteiger partial charge in [-0.15, -0.1) is 0 Å². The second kappa shape index (κ2) is 17.2. The molecule has 1 aliphatic heterocycles. The maximum Gasteiger partial charge on any atom is 0.335 e. The number of carboxylic acid groups (broad SMARTS) is 1. The third-order valence-corrected chi connectivity index (χ3v) is 6.99. The first kappa shape index (κ1) is 31.7. The number of aliphatic carboxylic acids is 1. The van der Waals surface area contributed by atoms with E-state index in [4.69, 9.17) is 20.3 Å². The molecule has 3 atom stereocenters. The Kier molecular flexibility index (Phi) is 15.1. The number of unbranched alkanes of at least 4 members (excludes halogenated alkanes) is 8. The van der Waals surface area contributed by atoms with Gasteiger partial charge in [0.25, 0.3) is 0 Å². The molecule has 1 heterocycles. The molecule has 8 heteroatoms. The monoisotopic (exact) mass is 508 g/mol. The number of rotatable bonds is 17. The summed E-state index contributed by atoms with van der Waals surface area (Å²) in [7, 11) is 1.36. The largest absolute Gasteiger partial charge is 0.480 e. The first-order chi connectivity index (χ1) is 16.9. The van der Waals surface area contributed by atoms with E-state index in [2.05, 4.69) is 6.92 Å². The molecule has 0 aromatic rings. The van der Waals surface area contributed by atoms with Crippen molar-refractivity contribution in [1.82, 2.24) is 4.90 Å². The maximum atomic E-state index is 12.9. The van der Waals surface area contributed by atoms with E-state index in [9.17, 15) is 14.4 Å². The molecule has 1 saturated carbocycles. The summed E-state index contributed by atoms with van der Waals surface area (Å²) in [6.07, 6.45) is 16.4. The summed E-state index contributed by atoms with van der Waals surface area (Å²) in [6.45, 7) is 3.26. The number of nitrogens with two attached hydrogens (primary N) is 1. The summed E-state index contributed by atoms with van der Waals surface area (Å²) in [5, 5.41) is 8.93. The molecular weight excluding hydrogens is 460 g/mol. The summed E-state index contributed by atoms with van der Waals surface area (Å²) in [4.78, 5) is 38.1. The van der Waals surface area contributed by atoms with Crippen LogP contribution in [0.25, 0.3) is 0 Å². The molecule has 0 saturated heterocycles. The number of carbonyl (C=O) groups excluding carboxylic acids is 2. The van der Waals surface area contributed by atoms with Crippen LogP contribution in [0.15, 0.2) is 23.5 Å². The molecule has 206 valence electrons. The van der Waals surface area contributed by atoms with E-state index in [1.54, 1.807) is 6.20 Å². The molecular formula is C28H48N2O6. The van der Waals surface area contributed by atoms with Crippen molar-refractivity contribution in [2.24, 2.45) is 17.6 Å². The number of carbonyl (C=O) groups is 3. The fourth-order valence-electron chi connectivity index (χ4n) is 4.91. The predicted octanol–water partition coefficient (Wildman–Crippen LogP) is 5.17. The van der Waals surface area contributed by atoms with Crippen LogP contribution in [-0.4, -0.2) is 54.2 Å². The van der Waals surface area contributed by atoms with Gasteiger partial charge in [-0.1, -0.05) is 59.3 Å². The van der Waals surface area contributed by atoms with Crippen molar-refractivity contribution in [2.75, 3.05) is 20.3 Å². The molecule has 8 nitrogen and oxygen atoms in total. The fourth-order valence-corrected chi connectivity index (χ4v) is 4.91. The molecule has 2 aliphatic rings. The number of carboxylic acids is 1. The van der Waals surface area contributed by atoms with Crippen LogP contribution in [0.4, 0.5) is 0 Å². The Morgan fingerprint density at radius 2 is 1.69 bits per heavy atom. The minimum atomic E-state index is -1.000. The molecule has 0 aromatic heterocycles. The molecule has 0 bridgehead atoms. The summed E-state index contributed by atoms with van der Waals surface area (Å²) in [5.74, 6) is -2.06. The fraction of sp³-hybridized carbons (Fsp3) is 0.750. The zero-order chi connectivity index (χ0) is 25.6. The van der Waals surface area contributed by atoms with Gasteiger partial charge in [0, 0.05) is 24.9 Å². The zero-order valence-corrected chi connectivity index (χ0v) is 21.5. The van der Waals surface area contributed by atoms with E-state index in [-0.39, 0.29) is 31.2 Å². The lowest BCUT2D eigenvalue weighted by molar-refractivity contribution is -0.147. The molecule has 36 heavy (non-hydrogen) atoms. The van der Waals surface area contributed by atoms with Gasteiger partial charge in [0.2, 0.25) is 0 Å². The van der Waals surface area contributed by atoms with Gasteiger partial charge in [0.15, 0.2) is 0 Å². The maximum absolute atomic E-state index is 12.9. The lowest BCUT2D eigenvalue weighted by atomic mass is 9.89. The van der Waals surface area contributed by atoms with Gasteiger partial charge in [-0.3, -0.25) is 9.59 Å². The normalized spacial score (nSPS) is 19.5. The van der Waals surface area contributed by atoms with Gasteiger partial charge >= 0.3 is 17.9 Å². The summed E-state index contributed by atoms with van der Waals surface area (Å²) in [6, 6.07) is -0.865. The van der Waals surface area contributed by atoms with Crippen LogP contribution in [0.3, 0.4) is 0 Å². The van der Waals surface area contributed by atoms with Crippen LogP contribution in [0.2, 0.25) is 0 Å². The number of ether oxygens (including phenoxy) is 2. The van der Waals surface area contributed by atoms with Crippen LogP contribution < -0.4 is 5.73 Å². The molecule has 0 aromatic carbocycles. The van der Waals surface area contributed by atoms with Crippen LogP contribution in [0, 0.1) is 11.8 Å². The molecule has 3 N–H and O–H groups in total. The Labute approximate surface area is 217 Å². The van der Waals surface area contributed by atoms with Crippen molar-refractivity contribution in [3.8, 4) is 0 Å². The average Bonchev–Trinajstić information content (AvgIpc) is 3.28. The number of hydrogen-bond acceptors (Lipinski definition) is 7. The van der Waals surface area contributed by atoms with Crippen LogP contribution in [0.1, 0.15) is 97.8 Å². The number of fused-ring (bicyclic) bond motifs is 1. The van der Waals surface area contributed by atoms with Crippen molar-refractivity contribution in [1.29, 1.82) is 0 Å². The Morgan fingerprint density at radius 3 is 2.33 bits per heavy atom. The smallest absolute Gasteiger partial charge is 0.335 e. The van der Waals surface area contributed by atoms with Crippen LogP contribution in [-0.2, 0) is 23.9 Å². The molecule has 2 unspecified atom stereocenters. The zero-order valence-electron chi connectivity index (χ0n) is 21.5. The minimum Gasteiger partial charge on any atom is -0.480 e. The lowest BCUT2D eigenvalue weighted by Crippen LogP contribution is -2.30. The van der Waals surface area contributed by atoms with Crippen LogP contribution >= 0.6 is 0 Å². The molecule has 0 radical (unpaired) electrons. The van der Waals surface area contributed by atoms with Crippen molar-refractivity contribution in [3.05, 3.63) is 23.5 Å². The van der Waals surface area contributed by atoms with E-state index in [1.807, 2.05) is 11.1 Å². The number of hydrogen-bond donors (Lipinski definition) is 2. The van der Waals surface area contributed by atoms with Crippen molar-refractivity contribution < 1.29 is 29.0 Å². The van der Waals surface area contributed by atoms with Gasteiger partial charge < -0.3 is 25.2 Å². The van der Waals surface area contributed by atoms with E-state index in [0.717, 1.165) is 18.4 Å². The lowest BCUT2D eigenvalue weighted by Gasteiger charge is -2.28. The number of methoxy groups -OCH3 is 1.